The Kier molecular flexibility index (Phi) is 29.1. The number of hydrogen-bond donors (Lipinski definition) is 17. The van der Waals surface area contributed by atoms with Crippen LogP contribution in [0.25, 0.3) is 0 Å². The number of nitrogens with one attached hydrogen (secondary N) is 13. The number of hydrogen-bond acceptors (Lipinski definition) is 22. The number of benzene rings is 1. The average molecular weight is 1410 g/mol. The van der Waals surface area contributed by atoms with Gasteiger partial charge in [-0.3, -0.25) is 71.9 Å². The molecule has 12 atom stereocenters. The first-order chi connectivity index (χ1) is 45.0. The number of aliphatic hydroxyl groups is 1. The van der Waals surface area contributed by atoms with Gasteiger partial charge in [0.1, 0.15) is 72.2 Å². The van der Waals surface area contributed by atoms with Crippen LogP contribution in [0.2, 0.25) is 0 Å². The van der Waals surface area contributed by atoms with Crippen LogP contribution in [0, 0.1) is 11.8 Å². The molecule has 18 N–H and O–H groups in total. The van der Waals surface area contributed by atoms with Crippen molar-refractivity contribution in [3.8, 4) is 5.75 Å². The zero-order chi connectivity index (χ0) is 69.6. The van der Waals surface area contributed by atoms with Crippen molar-refractivity contribution >= 4 is 132 Å². The van der Waals surface area contributed by atoms with E-state index in [-0.39, 0.29) is 67.6 Å². The number of carboxylic acid groups (broad SMARTS) is 1. The first-order valence-electron chi connectivity index (χ1n) is 30.3. The Bertz CT molecular complexity index is 3150. The van der Waals surface area contributed by atoms with E-state index < -0.39 is 205 Å². The summed E-state index contributed by atoms with van der Waals surface area (Å²) in [7, 11) is 3.53. The lowest BCUT2D eigenvalue weighted by molar-refractivity contribution is -0.142. The highest BCUT2D eigenvalue weighted by molar-refractivity contribution is 8.77. The van der Waals surface area contributed by atoms with E-state index in [1.54, 1.807) is 27.7 Å². The molecule has 2 aromatic rings. The standard InChI is InChI=1S/C57H80N16O18S4/c1-26(2)13-34-51(85)70-39-23-95-93-22-38(49(83)61-18-43(77)64-35(14-28-5-7-30(74)8-6-28)52(86)65-33(50(84)66-34)10-12-45(79)80)69-54(88)40(71-56(90)46(27(3)4)72-44(78)19-60-48(82)32-9-11-42(76)63-32)24-94-92-21-37(47(58)81)68-55(89)41-16-31(75)20-73(41)57(91)36(67-53(39)87)15-29-17-59-25-62-29/h5-8,17,25-27,31-41,46,74-75H,9-16,18-24H2,1-4H3,(H2,58,81)(H,59,62)(H,60,82)(H,61,83)(H,63,76)(H,64,77)(H,65,86)(H,66,84)(H,67,87)(H,68,89)(H,69,88)(H,70,85)(H,71,90)(H,72,78)(H,79,80)/t31-,32+,33+,34+,35+,36+,37+,38+,39+,40+,41+,46+/m1/s1. The third-order valence-electron chi connectivity index (χ3n) is 15.2. The molecule has 0 radical (unpaired) electrons. The molecule has 1 aromatic carbocycles. The normalized spacial score (nSPS) is 26.3. The monoisotopic (exact) mass is 1400 g/mol. The fourth-order valence-electron chi connectivity index (χ4n) is 10.1. The number of aliphatic hydroxyl groups excluding tert-OH is 1. The van der Waals surface area contributed by atoms with Gasteiger partial charge in [0.25, 0.3) is 0 Å². The zero-order valence-electron chi connectivity index (χ0n) is 52.2. The number of carbonyl (C=O) groups is 15. The maximum Gasteiger partial charge on any atom is 0.303 e. The van der Waals surface area contributed by atoms with Crippen LogP contribution in [0.15, 0.2) is 36.8 Å². The molecule has 0 aliphatic carbocycles. The van der Waals surface area contributed by atoms with Gasteiger partial charge in [-0.2, -0.15) is 0 Å². The van der Waals surface area contributed by atoms with Crippen LogP contribution in [0.3, 0.4) is 0 Å². The number of phenolic OH excluding ortho intramolecular Hbond substituents is 1. The number of H-pyrrole nitrogens is 1. The summed E-state index contributed by atoms with van der Waals surface area (Å²) in [5.74, 6) is -16.8. The summed E-state index contributed by atoms with van der Waals surface area (Å²) in [6, 6.07) is -11.0. The first kappa shape index (κ1) is 75.7. The lowest BCUT2D eigenvalue weighted by atomic mass is 10.0. The Balaban J connectivity index is 1.41. The van der Waals surface area contributed by atoms with Crippen molar-refractivity contribution < 1.29 is 87.2 Å². The Morgan fingerprint density at radius 2 is 1.33 bits per heavy atom. The molecule has 34 nitrogen and oxygen atoms in total. The quantitative estimate of drug-likeness (QED) is 0.0657. The minimum absolute atomic E-state index is 0.105. The van der Waals surface area contributed by atoms with Crippen LogP contribution in [0.1, 0.15) is 77.5 Å². The SMILES string of the molecule is CC(C)C[C@@H]1NC(=O)[C@H](CCC(=O)O)NC(=O)[C@H](Cc2ccc(O)cc2)NC(=O)CNC(=O)[C@@H]2CSSC[C@H](NC1=O)C(=O)N[C@@H](Cc1cnc[nH]1)C(=O)N1C[C@H](O)C[C@H]1C(=O)N[C@H](C(N)=O)CSSC[C@H](NC(=O)[C@@H](NC(=O)CNC(=O)[C@@H]1CCC(=O)N1)C(C)C)C(=O)N2. The number of nitrogens with zero attached hydrogens (tertiary/aromatic N) is 2. The number of aromatic nitrogens is 2. The summed E-state index contributed by atoms with van der Waals surface area (Å²) in [5.41, 5.74) is 6.47. The molecule has 4 saturated heterocycles. The predicted octanol–water partition coefficient (Wildman–Crippen LogP) is -5.42. The lowest BCUT2D eigenvalue weighted by Gasteiger charge is -2.31. The number of aromatic amines is 1. The maximum absolute atomic E-state index is 14.9. The summed E-state index contributed by atoms with van der Waals surface area (Å²) >= 11 is 0. The molecule has 95 heavy (non-hydrogen) atoms. The number of imidazole rings is 1. The van der Waals surface area contributed by atoms with Crippen molar-refractivity contribution in [3.05, 3.63) is 48.0 Å². The molecule has 6 rings (SSSR count). The predicted molar refractivity (Wildman–Crippen MR) is 345 cm³/mol. The highest BCUT2D eigenvalue weighted by Gasteiger charge is 2.44. The van der Waals surface area contributed by atoms with Gasteiger partial charge in [0.2, 0.25) is 82.7 Å². The second-order valence-electron chi connectivity index (χ2n) is 23.6. The molecule has 2 bridgehead atoms. The zero-order valence-corrected chi connectivity index (χ0v) is 55.5. The summed E-state index contributed by atoms with van der Waals surface area (Å²) < 4.78 is 0. The van der Waals surface area contributed by atoms with Gasteiger partial charge >= 0.3 is 5.97 Å². The number of carbonyl (C=O) groups excluding carboxylic acids is 14. The number of primary amides is 1. The lowest BCUT2D eigenvalue weighted by Crippen LogP contribution is -2.61. The molecule has 14 amide bonds. The van der Waals surface area contributed by atoms with E-state index in [9.17, 15) is 87.2 Å². The third-order valence-corrected chi connectivity index (χ3v) is 20.0. The molecule has 0 saturated carbocycles. The van der Waals surface area contributed by atoms with Gasteiger partial charge in [-0.1, -0.05) is 83.0 Å². The fraction of sp³-hybridized carbons (Fsp3) is 0.579. The first-order valence-corrected chi connectivity index (χ1v) is 35.3. The molecule has 38 heteroatoms. The van der Waals surface area contributed by atoms with Crippen molar-refractivity contribution in [2.75, 3.05) is 42.6 Å². The second-order valence-corrected chi connectivity index (χ2v) is 28.7. The van der Waals surface area contributed by atoms with Gasteiger partial charge in [0, 0.05) is 73.6 Å². The van der Waals surface area contributed by atoms with Crippen LogP contribution in [-0.4, -0.2) is 234 Å². The van der Waals surface area contributed by atoms with Gasteiger partial charge in [-0.25, -0.2) is 4.98 Å². The molecule has 1 aromatic heterocycles. The van der Waals surface area contributed by atoms with E-state index in [1.807, 2.05) is 0 Å². The van der Waals surface area contributed by atoms with Gasteiger partial charge in [0.05, 0.1) is 25.5 Å². The molecule has 5 heterocycles. The van der Waals surface area contributed by atoms with E-state index in [4.69, 9.17) is 5.73 Å². The topological polar surface area (TPSA) is 519 Å². The summed E-state index contributed by atoms with van der Waals surface area (Å²) in [6.07, 6.45) is -0.606. The average Bonchev–Trinajstić information content (AvgIpc) is 1.71. The number of carboxylic acids is 1. The van der Waals surface area contributed by atoms with Gasteiger partial charge < -0.3 is 94.7 Å². The Morgan fingerprint density at radius 1 is 0.695 bits per heavy atom. The molecular weight excluding hydrogens is 1320 g/mol. The van der Waals surface area contributed by atoms with Crippen molar-refractivity contribution in [2.24, 2.45) is 17.6 Å². The summed E-state index contributed by atoms with van der Waals surface area (Å²) in [6.45, 7) is 4.64. The largest absolute Gasteiger partial charge is 0.508 e. The molecule has 0 spiro atoms. The molecule has 4 fully saturated rings. The molecular formula is C57H80N16O18S4. The van der Waals surface area contributed by atoms with Crippen molar-refractivity contribution in [1.29, 1.82) is 0 Å². The summed E-state index contributed by atoms with van der Waals surface area (Å²) in [4.78, 5) is 216. The van der Waals surface area contributed by atoms with Crippen LogP contribution < -0.4 is 69.5 Å². The van der Waals surface area contributed by atoms with E-state index in [0.717, 1.165) is 48.1 Å². The number of aliphatic carboxylic acids is 1. The number of fused-ring (bicyclic) bond motifs is 6. The highest BCUT2D eigenvalue weighted by atomic mass is 33.1. The highest BCUT2D eigenvalue weighted by Crippen LogP contribution is 2.27. The molecule has 4 aliphatic heterocycles. The van der Waals surface area contributed by atoms with Crippen LogP contribution in [0.5, 0.6) is 5.75 Å². The number of phenols is 1. The van der Waals surface area contributed by atoms with E-state index in [1.165, 1.54) is 36.8 Å². The number of rotatable bonds is 17. The Morgan fingerprint density at radius 3 is 1.96 bits per heavy atom. The third kappa shape index (κ3) is 23.8. The second kappa shape index (κ2) is 36.5. The van der Waals surface area contributed by atoms with Gasteiger partial charge in [0.15, 0.2) is 0 Å². The number of amides is 14. The molecule has 520 valence electrons. The Labute approximate surface area is 560 Å². The minimum atomic E-state index is -1.69. The minimum Gasteiger partial charge on any atom is -0.508 e. The van der Waals surface area contributed by atoms with E-state index >= 15 is 0 Å². The van der Waals surface area contributed by atoms with Gasteiger partial charge in [-0.15, -0.1) is 0 Å². The Hall–Kier alpha value is -8.36. The molecule has 4 aliphatic rings. The number of aromatic hydroxyl groups is 1. The smallest absolute Gasteiger partial charge is 0.303 e. The van der Waals surface area contributed by atoms with Crippen LogP contribution in [-0.2, 0) is 84.8 Å². The molecule has 0 unspecified atom stereocenters. The van der Waals surface area contributed by atoms with E-state index in [0.29, 0.717) is 11.3 Å². The maximum atomic E-state index is 14.9. The van der Waals surface area contributed by atoms with Gasteiger partial charge in [-0.05, 0) is 48.8 Å². The fourth-order valence-corrected chi connectivity index (χ4v) is 14.8. The number of nitrogens with two attached hydrogens (primary N) is 1. The van der Waals surface area contributed by atoms with Crippen LogP contribution >= 0.6 is 43.2 Å². The van der Waals surface area contributed by atoms with E-state index in [2.05, 4.69) is 73.8 Å². The van der Waals surface area contributed by atoms with Crippen molar-refractivity contribution in [3.63, 3.8) is 0 Å². The summed E-state index contributed by atoms with van der Waals surface area (Å²) in [5, 5.41) is 61.2. The van der Waals surface area contributed by atoms with Crippen molar-refractivity contribution in [1.82, 2.24) is 78.7 Å². The van der Waals surface area contributed by atoms with Crippen LogP contribution in [0.4, 0.5) is 0 Å². The van der Waals surface area contributed by atoms with Crippen molar-refractivity contribution in [2.45, 2.75) is 152 Å².